The van der Waals surface area contributed by atoms with E-state index < -0.39 is 0 Å². The maximum atomic E-state index is 12.8. The van der Waals surface area contributed by atoms with Gasteiger partial charge >= 0.3 is 0 Å². The van der Waals surface area contributed by atoms with Crippen LogP contribution < -0.4 is 10.2 Å². The minimum atomic E-state index is -0.128. The first-order valence-electron chi connectivity index (χ1n) is 8.36. The molecule has 1 aromatic heterocycles. The molecule has 4 aromatic rings. The topological polar surface area (TPSA) is 61.0 Å². The Balaban J connectivity index is 1.61. The highest BCUT2D eigenvalue weighted by Crippen LogP contribution is 2.27. The van der Waals surface area contributed by atoms with Crippen LogP contribution in [0.25, 0.3) is 10.8 Å². The zero-order chi connectivity index (χ0) is 18.6. The molecular formula is C20H16N4OS2. The molecule has 27 heavy (non-hydrogen) atoms. The van der Waals surface area contributed by atoms with Crippen molar-refractivity contribution in [3.8, 4) is 0 Å². The van der Waals surface area contributed by atoms with Gasteiger partial charge in [0.05, 0.1) is 0 Å². The molecule has 7 heteroatoms. The summed E-state index contributed by atoms with van der Waals surface area (Å²) in [6, 6.07) is 23.5. The first kappa shape index (κ1) is 17.4. The number of aromatic nitrogens is 2. The zero-order valence-electron chi connectivity index (χ0n) is 14.3. The van der Waals surface area contributed by atoms with Crippen LogP contribution >= 0.6 is 23.6 Å². The van der Waals surface area contributed by atoms with Gasteiger partial charge < -0.3 is 10.2 Å². The molecule has 1 amide bonds. The van der Waals surface area contributed by atoms with Crippen molar-refractivity contribution in [1.29, 1.82) is 0 Å². The second kappa shape index (κ2) is 7.69. The van der Waals surface area contributed by atoms with Crippen LogP contribution in [0.3, 0.4) is 0 Å². The minimum absolute atomic E-state index is 0.128. The third kappa shape index (κ3) is 3.89. The largest absolute Gasteiger partial charge is 0.324 e. The molecule has 0 bridgehead atoms. The Morgan fingerprint density at radius 2 is 1.78 bits per heavy atom. The lowest BCUT2D eigenvalue weighted by Crippen LogP contribution is -2.29. The van der Waals surface area contributed by atoms with Gasteiger partial charge in [0.2, 0.25) is 11.0 Å². The molecule has 0 saturated carbocycles. The summed E-state index contributed by atoms with van der Waals surface area (Å²) in [5.41, 5.74) is 1.67. The van der Waals surface area contributed by atoms with E-state index in [1.54, 1.807) is 0 Å². The Morgan fingerprint density at radius 1 is 1.04 bits per heavy atom. The molecule has 134 valence electrons. The maximum Gasteiger partial charge on any atom is 0.244 e. The Labute approximate surface area is 165 Å². The fourth-order valence-electron chi connectivity index (χ4n) is 2.88. The van der Waals surface area contributed by atoms with Gasteiger partial charge in [0.1, 0.15) is 6.54 Å². The van der Waals surface area contributed by atoms with Crippen molar-refractivity contribution in [2.24, 2.45) is 0 Å². The zero-order valence-corrected chi connectivity index (χ0v) is 15.9. The number of amides is 1. The summed E-state index contributed by atoms with van der Waals surface area (Å²) in [6.07, 6.45) is 0. The molecule has 0 aliphatic heterocycles. The molecule has 5 nitrogen and oxygen atoms in total. The number of nitrogens with one attached hydrogen (secondary N) is 2. The second-order valence-corrected chi connectivity index (χ2v) is 7.54. The minimum Gasteiger partial charge on any atom is -0.324 e. The Hall–Kier alpha value is -3.03. The van der Waals surface area contributed by atoms with Crippen molar-refractivity contribution in [3.63, 3.8) is 0 Å². The standard InChI is InChI=1S/C20H16N4OS2/c25-18(21-17-12-6-8-14-7-4-5-11-16(14)17)13-24(15-9-2-1-3-10-15)19-22-23-20(26)27-19/h1-12H,13H2,(H,21,25)(H,23,26). The van der Waals surface area contributed by atoms with Crippen molar-refractivity contribution in [3.05, 3.63) is 76.8 Å². The normalized spacial score (nSPS) is 10.7. The van der Waals surface area contributed by atoms with Crippen LogP contribution in [0, 0.1) is 3.95 Å². The van der Waals surface area contributed by atoms with E-state index in [0.717, 1.165) is 22.1 Å². The molecule has 2 N–H and O–H groups in total. The van der Waals surface area contributed by atoms with Gasteiger partial charge in [-0.3, -0.25) is 9.89 Å². The van der Waals surface area contributed by atoms with Crippen molar-refractivity contribution in [2.75, 3.05) is 16.8 Å². The number of fused-ring (bicyclic) bond motifs is 1. The predicted molar refractivity (Wildman–Crippen MR) is 113 cm³/mol. The lowest BCUT2D eigenvalue weighted by atomic mass is 10.1. The number of benzene rings is 3. The number of nitrogens with zero attached hydrogens (tertiary/aromatic N) is 2. The number of para-hydroxylation sites is 1. The molecule has 0 fully saturated rings. The van der Waals surface area contributed by atoms with Gasteiger partial charge in [-0.2, -0.15) is 0 Å². The SMILES string of the molecule is O=C(CN(c1ccccc1)c1n[nH]c(=S)s1)Nc1cccc2ccccc12. The molecule has 4 rings (SSSR count). The number of aromatic amines is 1. The first-order chi connectivity index (χ1) is 13.2. The fourth-order valence-corrected chi connectivity index (χ4v) is 3.78. The van der Waals surface area contributed by atoms with E-state index in [2.05, 4.69) is 15.5 Å². The molecule has 0 unspecified atom stereocenters. The van der Waals surface area contributed by atoms with Crippen LogP contribution in [0.2, 0.25) is 0 Å². The van der Waals surface area contributed by atoms with E-state index in [4.69, 9.17) is 12.2 Å². The summed E-state index contributed by atoms with van der Waals surface area (Å²) < 4.78 is 0.570. The number of rotatable bonds is 5. The first-order valence-corrected chi connectivity index (χ1v) is 9.59. The van der Waals surface area contributed by atoms with Crippen molar-refractivity contribution in [1.82, 2.24) is 10.2 Å². The number of H-pyrrole nitrogens is 1. The van der Waals surface area contributed by atoms with Gasteiger partial charge in [0.25, 0.3) is 0 Å². The number of hydrogen-bond donors (Lipinski definition) is 2. The molecular weight excluding hydrogens is 376 g/mol. The van der Waals surface area contributed by atoms with E-state index in [1.807, 2.05) is 77.7 Å². The van der Waals surface area contributed by atoms with Gasteiger partial charge in [-0.25, -0.2) is 0 Å². The Bertz CT molecular complexity index is 1130. The van der Waals surface area contributed by atoms with Crippen molar-refractivity contribution in [2.45, 2.75) is 0 Å². The van der Waals surface area contributed by atoms with Gasteiger partial charge in [-0.05, 0) is 35.8 Å². The Kier molecular flexibility index (Phi) is 4.95. The highest BCUT2D eigenvalue weighted by Gasteiger charge is 2.17. The quantitative estimate of drug-likeness (QED) is 0.462. The average Bonchev–Trinajstić information content (AvgIpc) is 3.13. The van der Waals surface area contributed by atoms with E-state index in [0.29, 0.717) is 9.09 Å². The number of anilines is 3. The van der Waals surface area contributed by atoms with Gasteiger partial charge in [0, 0.05) is 16.8 Å². The smallest absolute Gasteiger partial charge is 0.244 e. The molecule has 0 radical (unpaired) electrons. The molecule has 0 saturated heterocycles. The lowest BCUT2D eigenvalue weighted by molar-refractivity contribution is -0.114. The van der Waals surface area contributed by atoms with E-state index >= 15 is 0 Å². The number of carbonyl (C=O) groups is 1. The van der Waals surface area contributed by atoms with Gasteiger partial charge in [-0.15, -0.1) is 5.10 Å². The number of hydrogen-bond acceptors (Lipinski definition) is 5. The third-order valence-electron chi connectivity index (χ3n) is 4.09. The van der Waals surface area contributed by atoms with Crippen LogP contribution in [-0.2, 0) is 4.79 Å². The summed E-state index contributed by atoms with van der Waals surface area (Å²) in [5, 5.41) is 12.8. The summed E-state index contributed by atoms with van der Waals surface area (Å²) in [7, 11) is 0. The van der Waals surface area contributed by atoms with Gasteiger partial charge in [-0.1, -0.05) is 65.9 Å². The molecule has 0 atom stereocenters. The van der Waals surface area contributed by atoms with Crippen molar-refractivity contribution >= 4 is 56.7 Å². The van der Waals surface area contributed by atoms with Gasteiger partial charge in [0.15, 0.2) is 3.95 Å². The monoisotopic (exact) mass is 392 g/mol. The maximum absolute atomic E-state index is 12.8. The number of carbonyl (C=O) groups excluding carboxylic acids is 1. The molecule has 3 aromatic carbocycles. The lowest BCUT2D eigenvalue weighted by Gasteiger charge is -2.21. The summed E-state index contributed by atoms with van der Waals surface area (Å²) in [5.74, 6) is -0.128. The summed E-state index contributed by atoms with van der Waals surface area (Å²) >= 11 is 6.48. The summed E-state index contributed by atoms with van der Waals surface area (Å²) in [4.78, 5) is 14.7. The van der Waals surface area contributed by atoms with Crippen LogP contribution in [0.15, 0.2) is 72.8 Å². The van der Waals surface area contributed by atoms with Crippen LogP contribution in [0.1, 0.15) is 0 Å². The molecule has 1 heterocycles. The molecule has 0 spiro atoms. The van der Waals surface area contributed by atoms with E-state index in [-0.39, 0.29) is 12.5 Å². The van der Waals surface area contributed by atoms with Crippen molar-refractivity contribution < 1.29 is 4.79 Å². The molecule has 0 aliphatic rings. The third-order valence-corrected chi connectivity index (χ3v) is 5.20. The predicted octanol–water partition coefficient (Wildman–Crippen LogP) is 5.13. The average molecular weight is 393 g/mol. The van der Waals surface area contributed by atoms with Crippen LogP contribution in [0.4, 0.5) is 16.5 Å². The highest BCUT2D eigenvalue weighted by atomic mass is 32.1. The second-order valence-electron chi connectivity index (χ2n) is 5.89. The highest BCUT2D eigenvalue weighted by molar-refractivity contribution is 7.73. The Morgan fingerprint density at radius 3 is 2.56 bits per heavy atom. The summed E-state index contributed by atoms with van der Waals surface area (Å²) in [6.45, 7) is 0.128. The van der Waals surface area contributed by atoms with E-state index in [9.17, 15) is 4.79 Å². The van der Waals surface area contributed by atoms with Crippen LogP contribution in [0.5, 0.6) is 0 Å². The van der Waals surface area contributed by atoms with E-state index in [1.165, 1.54) is 11.3 Å². The fraction of sp³-hybridized carbons (Fsp3) is 0.0500. The molecule has 0 aliphatic carbocycles. The van der Waals surface area contributed by atoms with Crippen LogP contribution in [-0.4, -0.2) is 22.6 Å².